The van der Waals surface area contributed by atoms with Crippen molar-refractivity contribution in [1.29, 1.82) is 0 Å². The third-order valence-electron chi connectivity index (χ3n) is 5.24. The molecule has 136 valence electrons. The van der Waals surface area contributed by atoms with Crippen LogP contribution in [0.5, 0.6) is 0 Å². The van der Waals surface area contributed by atoms with Crippen LogP contribution in [0.25, 0.3) is 0 Å². The molecular formula is C16H36ClNO4. The van der Waals surface area contributed by atoms with Gasteiger partial charge >= 0.3 is 0 Å². The van der Waals surface area contributed by atoms with Crippen LogP contribution in [-0.2, 0) is 0 Å². The molecule has 5 nitrogen and oxygen atoms in total. The zero-order valence-corrected chi connectivity index (χ0v) is 15.3. The Morgan fingerprint density at radius 1 is 0.545 bits per heavy atom. The summed E-state index contributed by atoms with van der Waals surface area (Å²) in [5, 5.41) is 37.5. The van der Waals surface area contributed by atoms with Gasteiger partial charge in [-0.05, 0) is 27.7 Å². The third-order valence-corrected chi connectivity index (χ3v) is 5.24. The van der Waals surface area contributed by atoms with E-state index in [1.807, 2.05) is 0 Å². The van der Waals surface area contributed by atoms with Crippen LogP contribution < -0.4 is 12.4 Å². The number of rotatable bonds is 12. The Hall–Kier alpha value is 0.0900. The molecule has 0 heterocycles. The lowest BCUT2D eigenvalue weighted by atomic mass is 9.92. The molecule has 0 saturated heterocycles. The molecule has 0 bridgehead atoms. The molecule has 6 heteroatoms. The number of hydrogen-bond acceptors (Lipinski definition) is 4. The molecule has 0 aromatic heterocycles. The van der Waals surface area contributed by atoms with Crippen LogP contribution in [0.2, 0.25) is 0 Å². The van der Waals surface area contributed by atoms with Crippen LogP contribution >= 0.6 is 0 Å². The number of aliphatic hydroxyl groups excluding tert-OH is 4. The highest BCUT2D eigenvalue weighted by molar-refractivity contribution is 4.72. The fourth-order valence-corrected chi connectivity index (χ4v) is 4.25. The van der Waals surface area contributed by atoms with Crippen molar-refractivity contribution in [2.45, 2.75) is 77.5 Å². The van der Waals surface area contributed by atoms with Gasteiger partial charge in [0.15, 0.2) is 0 Å². The lowest BCUT2D eigenvalue weighted by molar-refractivity contribution is -1.01. The van der Waals surface area contributed by atoms with Crippen LogP contribution in [0.1, 0.15) is 53.4 Å². The summed E-state index contributed by atoms with van der Waals surface area (Å²) in [4.78, 5) is 0. The molecule has 0 fully saturated rings. The molecule has 0 rings (SSSR count). The van der Waals surface area contributed by atoms with E-state index in [9.17, 15) is 20.4 Å². The summed E-state index contributed by atoms with van der Waals surface area (Å²) in [6.07, 6.45) is 2.73. The number of hydrogen-bond donors (Lipinski definition) is 4. The van der Waals surface area contributed by atoms with E-state index in [4.69, 9.17) is 0 Å². The maximum atomic E-state index is 9.38. The minimum atomic E-state index is 0. The van der Waals surface area contributed by atoms with Crippen LogP contribution in [0.15, 0.2) is 0 Å². The average Bonchev–Trinajstić information content (AvgIpc) is 2.40. The maximum absolute atomic E-state index is 9.38. The Morgan fingerprint density at radius 3 is 0.864 bits per heavy atom. The number of quaternary nitrogens is 1. The van der Waals surface area contributed by atoms with Gasteiger partial charge in [-0.25, -0.2) is 0 Å². The minimum absolute atomic E-state index is 0. The van der Waals surface area contributed by atoms with Gasteiger partial charge in [0.1, 0.15) is 0 Å². The van der Waals surface area contributed by atoms with Crippen molar-refractivity contribution >= 4 is 0 Å². The van der Waals surface area contributed by atoms with Crippen LogP contribution in [0, 0.1) is 0 Å². The largest absolute Gasteiger partial charge is 1.00 e. The summed E-state index contributed by atoms with van der Waals surface area (Å²) in [6, 6.07) is 0.832. The second-order valence-electron chi connectivity index (χ2n) is 6.34. The van der Waals surface area contributed by atoms with E-state index in [1.54, 1.807) is 0 Å². The van der Waals surface area contributed by atoms with E-state index in [2.05, 4.69) is 27.7 Å². The highest BCUT2D eigenvalue weighted by atomic mass is 35.5. The highest BCUT2D eigenvalue weighted by Crippen LogP contribution is 2.34. The van der Waals surface area contributed by atoms with Crippen LogP contribution in [0.4, 0.5) is 0 Å². The summed E-state index contributed by atoms with van der Waals surface area (Å²) in [7, 11) is 0. The fourth-order valence-electron chi connectivity index (χ4n) is 4.25. The number of nitrogens with zero attached hydrogens (tertiary/aromatic N) is 1. The Labute approximate surface area is 142 Å². The van der Waals surface area contributed by atoms with Crippen molar-refractivity contribution in [3.63, 3.8) is 0 Å². The van der Waals surface area contributed by atoms with Gasteiger partial charge in [0.2, 0.25) is 0 Å². The number of halogens is 1. The molecule has 4 atom stereocenters. The van der Waals surface area contributed by atoms with E-state index >= 15 is 0 Å². The Kier molecular flexibility index (Phi) is 13.8. The first-order chi connectivity index (χ1) is 9.93. The molecule has 0 saturated carbocycles. The quantitative estimate of drug-likeness (QED) is 0.306. The molecule has 22 heavy (non-hydrogen) atoms. The summed E-state index contributed by atoms with van der Waals surface area (Å²) in [5.41, 5.74) is 0. The molecule has 0 aliphatic rings. The molecule has 4 unspecified atom stereocenters. The van der Waals surface area contributed by atoms with Gasteiger partial charge in [-0.15, -0.1) is 0 Å². The van der Waals surface area contributed by atoms with Crippen molar-refractivity contribution in [3.8, 4) is 0 Å². The van der Waals surface area contributed by atoms with E-state index < -0.39 is 0 Å². The van der Waals surface area contributed by atoms with E-state index in [1.165, 1.54) is 0 Å². The molecule has 0 aliphatic carbocycles. The maximum Gasteiger partial charge on any atom is 0.0889 e. The SMILES string of the molecule is CC(CCO)[N+](C(C)CCO)(C(C)CCO)C(C)CCO.[Cl-]. The zero-order valence-electron chi connectivity index (χ0n) is 14.6. The third kappa shape index (κ3) is 5.62. The Balaban J connectivity index is 0. The van der Waals surface area contributed by atoms with Gasteiger partial charge in [0, 0.05) is 52.1 Å². The normalized spacial score (nSPS) is 19.6. The second kappa shape index (κ2) is 12.5. The average molecular weight is 342 g/mol. The van der Waals surface area contributed by atoms with Gasteiger partial charge < -0.3 is 37.3 Å². The van der Waals surface area contributed by atoms with Crippen molar-refractivity contribution in [2.24, 2.45) is 0 Å². The topological polar surface area (TPSA) is 80.9 Å². The number of aliphatic hydroxyl groups is 4. The molecule has 0 amide bonds. The molecule has 4 N–H and O–H groups in total. The minimum Gasteiger partial charge on any atom is -1.00 e. The standard InChI is InChI=1S/C16H36NO4.ClH/c1-13(5-9-18)17(14(2)6-10-19,15(3)7-11-20)16(4)8-12-21;/h13-16,18-21H,5-12H2,1-4H3;1H/q+1;/p-1. The summed E-state index contributed by atoms with van der Waals surface area (Å²) in [6.45, 7) is 9.04. The van der Waals surface area contributed by atoms with Crippen molar-refractivity contribution in [1.82, 2.24) is 0 Å². The van der Waals surface area contributed by atoms with Crippen molar-refractivity contribution < 1.29 is 37.3 Å². The molecular weight excluding hydrogens is 306 g/mol. The van der Waals surface area contributed by atoms with Gasteiger partial charge in [-0.3, -0.25) is 0 Å². The molecule has 0 aliphatic heterocycles. The molecule has 0 radical (unpaired) electrons. The second-order valence-corrected chi connectivity index (χ2v) is 6.34. The molecule has 0 spiro atoms. The summed E-state index contributed by atoms with van der Waals surface area (Å²) < 4.78 is 0.724. The fraction of sp³-hybridized carbons (Fsp3) is 1.00. The van der Waals surface area contributed by atoms with Crippen molar-refractivity contribution in [3.05, 3.63) is 0 Å². The smallest absolute Gasteiger partial charge is 0.0889 e. The zero-order chi connectivity index (χ0) is 16.5. The van der Waals surface area contributed by atoms with Gasteiger partial charge in [0.05, 0.1) is 24.2 Å². The van der Waals surface area contributed by atoms with E-state index in [0.717, 1.165) is 4.48 Å². The lowest BCUT2D eigenvalue weighted by Crippen LogP contribution is -3.00. The first kappa shape index (κ1) is 24.3. The highest BCUT2D eigenvalue weighted by Gasteiger charge is 2.46. The monoisotopic (exact) mass is 341 g/mol. The van der Waals surface area contributed by atoms with Gasteiger partial charge in [-0.1, -0.05) is 0 Å². The lowest BCUT2D eigenvalue weighted by Gasteiger charge is -2.56. The first-order valence-corrected chi connectivity index (χ1v) is 8.24. The summed E-state index contributed by atoms with van der Waals surface area (Å²) in [5.74, 6) is 0. The van der Waals surface area contributed by atoms with E-state index in [-0.39, 0.29) is 63.0 Å². The van der Waals surface area contributed by atoms with Gasteiger partial charge in [0.25, 0.3) is 0 Å². The van der Waals surface area contributed by atoms with Crippen LogP contribution in [-0.4, -0.2) is 75.5 Å². The Morgan fingerprint density at radius 2 is 0.727 bits per heavy atom. The predicted molar refractivity (Wildman–Crippen MR) is 84.9 cm³/mol. The van der Waals surface area contributed by atoms with Crippen LogP contribution in [0.3, 0.4) is 0 Å². The van der Waals surface area contributed by atoms with E-state index in [0.29, 0.717) is 25.7 Å². The first-order valence-electron chi connectivity index (χ1n) is 8.24. The Bertz CT molecular complexity index is 215. The predicted octanol–water partition coefficient (Wildman–Crippen LogP) is -2.11. The van der Waals surface area contributed by atoms with Gasteiger partial charge in [-0.2, -0.15) is 0 Å². The molecule has 0 aromatic carbocycles. The molecule has 0 aromatic rings. The van der Waals surface area contributed by atoms with Crippen molar-refractivity contribution in [2.75, 3.05) is 26.4 Å². The summed E-state index contributed by atoms with van der Waals surface area (Å²) >= 11 is 0.